The van der Waals surface area contributed by atoms with E-state index in [0.29, 0.717) is 84.7 Å². The Morgan fingerprint density at radius 1 is 0.561 bits per heavy atom. The van der Waals surface area contributed by atoms with Crippen LogP contribution in [-0.2, 0) is 4.79 Å². The van der Waals surface area contributed by atoms with E-state index >= 15 is 23.2 Å². The molecule has 6 atom stereocenters. The van der Waals surface area contributed by atoms with Crippen LogP contribution in [0.3, 0.4) is 0 Å². The van der Waals surface area contributed by atoms with Crippen LogP contribution in [0.1, 0.15) is 119 Å². The highest BCUT2D eigenvalue weighted by atomic mass is 19.1. The van der Waals surface area contributed by atoms with Crippen molar-refractivity contribution in [2.75, 3.05) is 52.4 Å². The molecule has 352 valence electrons. The van der Waals surface area contributed by atoms with Gasteiger partial charge in [-0.15, -0.1) is 0 Å². The van der Waals surface area contributed by atoms with Crippen molar-refractivity contribution in [2.45, 2.75) is 102 Å². The van der Waals surface area contributed by atoms with E-state index in [1.807, 2.05) is 12.1 Å². The van der Waals surface area contributed by atoms with Crippen LogP contribution in [0.5, 0.6) is 11.5 Å². The number of nitrogens with one attached hydrogen (secondary N) is 2. The number of unbranched alkanes of at least 4 members (excludes halogenated alkanes) is 2. The third kappa shape index (κ3) is 11.0. The normalized spacial score (nSPS) is 24.1. The van der Waals surface area contributed by atoms with Gasteiger partial charge in [-0.2, -0.15) is 0 Å². The zero-order valence-electron chi connectivity index (χ0n) is 38.7. The summed E-state index contributed by atoms with van der Waals surface area (Å²) >= 11 is 0. The Hall–Kier alpha value is -4.81. The Kier molecular flexibility index (Phi) is 15.8. The first-order chi connectivity index (χ1) is 32.0. The molecule has 3 unspecified atom stereocenters. The molecule has 11 heteroatoms. The quantitative estimate of drug-likeness (QED) is 0.0509. The molecule has 2 saturated carbocycles. The molecule has 66 heavy (non-hydrogen) atoms. The summed E-state index contributed by atoms with van der Waals surface area (Å²) in [4.78, 5) is 50.8. The number of rotatable bonds is 20. The second kappa shape index (κ2) is 21.9. The number of Topliss-reactive ketones (excluding diaryl/α,β-unsaturated/α-hetero) is 3. The summed E-state index contributed by atoms with van der Waals surface area (Å²) in [6, 6.07) is 23.5. The molecule has 4 aromatic rings. The lowest BCUT2D eigenvalue weighted by Gasteiger charge is -2.48. The van der Waals surface area contributed by atoms with Crippen molar-refractivity contribution in [3.8, 4) is 11.5 Å². The molecule has 0 radical (unpaired) electrons. The highest BCUT2D eigenvalue weighted by Gasteiger charge is 2.51. The highest BCUT2D eigenvalue weighted by molar-refractivity contribution is 6.01. The minimum absolute atomic E-state index is 0.0459. The van der Waals surface area contributed by atoms with Gasteiger partial charge in [-0.1, -0.05) is 61.4 Å². The van der Waals surface area contributed by atoms with Crippen molar-refractivity contribution >= 4 is 17.3 Å². The van der Waals surface area contributed by atoms with E-state index < -0.39 is 47.1 Å². The molecule has 0 amide bonds. The van der Waals surface area contributed by atoms with Gasteiger partial charge in [-0.3, -0.25) is 14.4 Å². The van der Waals surface area contributed by atoms with Crippen molar-refractivity contribution < 1.29 is 33.4 Å². The summed E-state index contributed by atoms with van der Waals surface area (Å²) in [6.45, 7) is 7.79. The third-order valence-electron chi connectivity index (χ3n) is 15.4. The Balaban J connectivity index is 1.20. The number of carbonyl (C=O) groups excluding carboxylic acids is 3. The summed E-state index contributed by atoms with van der Waals surface area (Å²) < 4.78 is 31.6. The van der Waals surface area contributed by atoms with Crippen molar-refractivity contribution in [3.63, 3.8) is 0 Å². The van der Waals surface area contributed by atoms with Gasteiger partial charge < -0.3 is 30.6 Å². The highest BCUT2D eigenvalue weighted by Crippen LogP contribution is 2.48. The number of ketones is 3. The van der Waals surface area contributed by atoms with Crippen LogP contribution >= 0.6 is 0 Å². The fraction of sp³-hybridized carbons (Fsp3) is 0.509. The second-order valence-corrected chi connectivity index (χ2v) is 19.7. The smallest absolute Gasteiger partial charge is 0.167 e. The standard InChI is InChI=1S/C55H68F2N4O5/c1-35-43(21-11-23-49(35)56)51-45(53(64)37-13-7-19-41(62)29-37)31-60(27-5-3-25-58-39-15-9-16-39)33-47(51)55(66)48-34-61(28-6-4-26-59-40-17-10-18-40)32-46(54(65)38-14-8-20-42(63)30-38)52(48)44-22-12-24-50(57)36(44)2/h7-8,11-14,19-24,29-30,39-40,45-48,51-52,58-59,62-63H,3-6,9-10,15-18,25-28,31-34H2,1-2H3/t45-,46?,47+,48?,51-,52?/m0/s1. The molecule has 0 spiro atoms. The van der Waals surface area contributed by atoms with E-state index in [0.717, 1.165) is 38.8 Å². The zero-order valence-corrected chi connectivity index (χ0v) is 38.7. The Morgan fingerprint density at radius 3 is 1.33 bits per heavy atom. The third-order valence-corrected chi connectivity index (χ3v) is 15.4. The maximum atomic E-state index is 16.3. The van der Waals surface area contributed by atoms with E-state index in [9.17, 15) is 10.2 Å². The number of likely N-dealkylation sites (tertiary alicyclic amines) is 2. The van der Waals surface area contributed by atoms with E-state index in [1.54, 1.807) is 50.2 Å². The molecule has 2 saturated heterocycles. The summed E-state index contributed by atoms with van der Waals surface area (Å²) in [5.74, 6) is -6.16. The van der Waals surface area contributed by atoms with Crippen LogP contribution in [0.2, 0.25) is 0 Å². The number of nitrogens with zero attached hydrogens (tertiary/aromatic N) is 2. The first kappa shape index (κ1) is 47.7. The molecule has 0 aromatic heterocycles. The van der Waals surface area contributed by atoms with Gasteiger partial charge in [0.05, 0.1) is 0 Å². The van der Waals surface area contributed by atoms with E-state index in [4.69, 9.17) is 0 Å². The lowest BCUT2D eigenvalue weighted by Crippen LogP contribution is -2.56. The predicted octanol–water partition coefficient (Wildman–Crippen LogP) is 9.14. The number of hydrogen-bond acceptors (Lipinski definition) is 9. The lowest BCUT2D eigenvalue weighted by molar-refractivity contribution is -0.133. The molecule has 4 aromatic carbocycles. The van der Waals surface area contributed by atoms with Crippen LogP contribution in [0.25, 0.3) is 0 Å². The average Bonchev–Trinajstić information content (AvgIpc) is 3.28. The zero-order chi connectivity index (χ0) is 46.3. The number of halogens is 2. The fourth-order valence-electron chi connectivity index (χ4n) is 11.3. The van der Waals surface area contributed by atoms with Crippen molar-refractivity contribution in [3.05, 3.63) is 130 Å². The van der Waals surface area contributed by atoms with E-state index in [2.05, 4.69) is 20.4 Å². The fourth-order valence-corrected chi connectivity index (χ4v) is 11.3. The first-order valence-electron chi connectivity index (χ1n) is 24.6. The van der Waals surface area contributed by atoms with E-state index in [1.165, 1.54) is 74.9 Å². The number of hydrogen-bond donors (Lipinski definition) is 4. The van der Waals surface area contributed by atoms with Gasteiger partial charge in [-0.05, 0) is 150 Å². The minimum Gasteiger partial charge on any atom is -0.508 e. The molecule has 9 nitrogen and oxygen atoms in total. The van der Waals surface area contributed by atoms with Crippen LogP contribution < -0.4 is 10.6 Å². The topological polar surface area (TPSA) is 122 Å². The number of phenolic OH excluding ortho intramolecular Hbond substituents is 2. The molecule has 4 N–H and O–H groups in total. The lowest BCUT2D eigenvalue weighted by atomic mass is 9.62. The van der Waals surface area contributed by atoms with Gasteiger partial charge in [0.1, 0.15) is 28.9 Å². The van der Waals surface area contributed by atoms with Gasteiger partial charge in [-0.25, -0.2) is 8.78 Å². The Bertz CT molecular complexity index is 2170. The number of aromatic hydroxyl groups is 2. The monoisotopic (exact) mass is 903 g/mol. The largest absolute Gasteiger partial charge is 0.508 e. The van der Waals surface area contributed by atoms with Crippen LogP contribution in [0, 0.1) is 49.2 Å². The van der Waals surface area contributed by atoms with Crippen molar-refractivity contribution in [1.29, 1.82) is 0 Å². The molecule has 4 fully saturated rings. The molecule has 2 aliphatic carbocycles. The molecule has 8 rings (SSSR count). The van der Waals surface area contributed by atoms with Gasteiger partial charge in [0.15, 0.2) is 11.6 Å². The number of carbonyl (C=O) groups is 3. The Labute approximate surface area is 389 Å². The van der Waals surface area contributed by atoms with E-state index in [-0.39, 0.29) is 28.8 Å². The summed E-state index contributed by atoms with van der Waals surface area (Å²) in [6.07, 6.45) is 10.8. The maximum absolute atomic E-state index is 16.3. The van der Waals surface area contributed by atoms with Crippen molar-refractivity contribution in [1.82, 2.24) is 20.4 Å². The molecular formula is C55H68F2N4O5. The van der Waals surface area contributed by atoms with Gasteiger partial charge in [0, 0.05) is 84.9 Å². The van der Waals surface area contributed by atoms with Gasteiger partial charge >= 0.3 is 0 Å². The molecule has 2 aliphatic heterocycles. The van der Waals surface area contributed by atoms with Gasteiger partial charge in [0.2, 0.25) is 0 Å². The van der Waals surface area contributed by atoms with Gasteiger partial charge in [0.25, 0.3) is 0 Å². The predicted molar refractivity (Wildman–Crippen MR) is 254 cm³/mol. The van der Waals surface area contributed by atoms with Crippen LogP contribution in [0.15, 0.2) is 84.9 Å². The Morgan fingerprint density at radius 2 is 0.955 bits per heavy atom. The first-order valence-corrected chi connectivity index (χ1v) is 24.6. The van der Waals surface area contributed by atoms with Crippen LogP contribution in [0.4, 0.5) is 8.78 Å². The number of benzene rings is 4. The molecule has 0 bridgehead atoms. The summed E-state index contributed by atoms with van der Waals surface area (Å²) in [5, 5.41) is 28.4. The molecular weight excluding hydrogens is 835 g/mol. The summed E-state index contributed by atoms with van der Waals surface area (Å²) in [5.41, 5.74) is 2.57. The number of phenols is 2. The molecule has 2 heterocycles. The van der Waals surface area contributed by atoms with Crippen molar-refractivity contribution in [2.24, 2.45) is 23.7 Å². The maximum Gasteiger partial charge on any atom is 0.167 e. The average molecular weight is 903 g/mol. The minimum atomic E-state index is -0.803. The second-order valence-electron chi connectivity index (χ2n) is 19.7. The number of piperidine rings is 2. The SMILES string of the molecule is Cc1c(F)cccc1C1C(C(=O)c2cccc(O)c2)CN(CCCCNC2CCC2)CC1C(=O)[C@@H]1CN(CCCCNC2CCC2)C[C@H](C(=O)c2cccc(O)c2)[C@@H]1c1cccc(F)c1C. The summed E-state index contributed by atoms with van der Waals surface area (Å²) in [7, 11) is 0. The molecule has 4 aliphatic rings. The van der Waals surface area contributed by atoms with Crippen LogP contribution in [-0.4, -0.2) is 102 Å².